The van der Waals surface area contributed by atoms with Gasteiger partial charge in [0.1, 0.15) is 17.2 Å². The molecule has 0 saturated carbocycles. The predicted molar refractivity (Wildman–Crippen MR) is 72.5 cm³/mol. The van der Waals surface area contributed by atoms with Crippen LogP contribution in [0.4, 0.5) is 5.82 Å². The fraction of sp³-hybridized carbons (Fsp3) is 0.333. The van der Waals surface area contributed by atoms with E-state index in [2.05, 4.69) is 20.3 Å². The largest absolute Gasteiger partial charge is 0.476 e. The third kappa shape index (κ3) is 3.25. The van der Waals surface area contributed by atoms with Crippen molar-refractivity contribution >= 4 is 23.1 Å². The van der Waals surface area contributed by atoms with E-state index in [4.69, 9.17) is 5.11 Å². The fourth-order valence-corrected chi connectivity index (χ4v) is 2.34. The zero-order chi connectivity index (χ0) is 13.8. The van der Waals surface area contributed by atoms with E-state index in [9.17, 15) is 4.79 Å². The van der Waals surface area contributed by atoms with E-state index in [1.165, 1.54) is 23.0 Å². The zero-order valence-corrected chi connectivity index (χ0v) is 11.4. The van der Waals surface area contributed by atoms with Crippen molar-refractivity contribution < 1.29 is 9.90 Å². The third-order valence-electron chi connectivity index (χ3n) is 2.56. The summed E-state index contributed by atoms with van der Waals surface area (Å²) in [5.41, 5.74) is 1.03. The Bertz CT molecular complexity index is 585. The number of carboxylic acids is 1. The molecule has 6 nitrogen and oxygen atoms in total. The number of hydrogen-bond acceptors (Lipinski definition) is 6. The molecule has 2 aromatic rings. The second-order valence-corrected chi connectivity index (χ2v) is 4.88. The average Bonchev–Trinajstić information content (AvgIpc) is 2.89. The van der Waals surface area contributed by atoms with Crippen molar-refractivity contribution in [2.24, 2.45) is 0 Å². The summed E-state index contributed by atoms with van der Waals surface area (Å²) >= 11 is 1.32. The van der Waals surface area contributed by atoms with Crippen molar-refractivity contribution in [2.45, 2.75) is 26.3 Å². The molecule has 2 aromatic heterocycles. The van der Waals surface area contributed by atoms with Crippen molar-refractivity contribution in [1.82, 2.24) is 15.0 Å². The topological polar surface area (TPSA) is 88.0 Å². The Labute approximate surface area is 114 Å². The molecule has 0 aromatic carbocycles. The van der Waals surface area contributed by atoms with Gasteiger partial charge in [0.25, 0.3) is 0 Å². The van der Waals surface area contributed by atoms with Gasteiger partial charge in [-0.1, -0.05) is 6.92 Å². The van der Waals surface area contributed by atoms with Crippen LogP contribution in [0.3, 0.4) is 0 Å². The number of nitrogens with zero attached hydrogens (tertiary/aromatic N) is 3. The van der Waals surface area contributed by atoms with Gasteiger partial charge >= 0.3 is 5.97 Å². The van der Waals surface area contributed by atoms with Crippen LogP contribution < -0.4 is 5.32 Å². The predicted octanol–water partition coefficient (Wildman–Crippen LogP) is 2.37. The van der Waals surface area contributed by atoms with Crippen LogP contribution in [0.2, 0.25) is 0 Å². The number of anilines is 1. The van der Waals surface area contributed by atoms with Crippen molar-refractivity contribution in [3.8, 4) is 0 Å². The summed E-state index contributed by atoms with van der Waals surface area (Å²) in [6, 6.07) is 1.78. The summed E-state index contributed by atoms with van der Waals surface area (Å²) in [6.45, 7) is 3.94. The van der Waals surface area contributed by atoms with Gasteiger partial charge in [0, 0.05) is 17.1 Å². The molecule has 7 heteroatoms. The minimum atomic E-state index is -1.01. The number of thiazole rings is 1. The Morgan fingerprint density at radius 2 is 2.32 bits per heavy atom. The molecule has 0 amide bonds. The van der Waals surface area contributed by atoms with Gasteiger partial charge in [-0.25, -0.2) is 19.7 Å². The minimum absolute atomic E-state index is 0.0746. The van der Waals surface area contributed by atoms with Gasteiger partial charge in [0.15, 0.2) is 5.69 Å². The first-order chi connectivity index (χ1) is 9.10. The van der Waals surface area contributed by atoms with Crippen LogP contribution in [-0.2, 0) is 6.42 Å². The molecule has 2 heterocycles. The number of carboxylic acid groups (broad SMARTS) is 1. The summed E-state index contributed by atoms with van der Waals surface area (Å²) in [6.07, 6.45) is 2.35. The van der Waals surface area contributed by atoms with Crippen LogP contribution in [0.1, 0.15) is 41.1 Å². The molecule has 0 aliphatic heterocycles. The first kappa shape index (κ1) is 13.4. The lowest BCUT2D eigenvalue weighted by molar-refractivity contribution is 0.0691. The van der Waals surface area contributed by atoms with Crippen LogP contribution in [0.25, 0.3) is 0 Å². The molecule has 2 rings (SSSR count). The highest BCUT2D eigenvalue weighted by atomic mass is 32.1. The number of carbonyl (C=O) groups is 1. The maximum absolute atomic E-state index is 10.8. The van der Waals surface area contributed by atoms with Gasteiger partial charge in [-0.05, 0) is 13.3 Å². The Morgan fingerprint density at radius 1 is 1.53 bits per heavy atom. The third-order valence-corrected chi connectivity index (χ3v) is 3.59. The Kier molecular flexibility index (Phi) is 4.06. The van der Waals surface area contributed by atoms with Gasteiger partial charge in [-0.15, -0.1) is 11.3 Å². The molecule has 2 N–H and O–H groups in total. The van der Waals surface area contributed by atoms with Crippen LogP contribution in [0, 0.1) is 0 Å². The van der Waals surface area contributed by atoms with Crippen LogP contribution in [0.5, 0.6) is 0 Å². The lowest BCUT2D eigenvalue weighted by Crippen LogP contribution is -2.09. The second-order valence-electron chi connectivity index (χ2n) is 3.99. The summed E-state index contributed by atoms with van der Waals surface area (Å²) in [4.78, 5) is 23.1. The molecular weight excluding hydrogens is 264 g/mol. The van der Waals surface area contributed by atoms with E-state index in [1.807, 2.05) is 19.9 Å². The molecule has 1 unspecified atom stereocenters. The van der Waals surface area contributed by atoms with E-state index in [0.29, 0.717) is 10.8 Å². The molecule has 0 saturated heterocycles. The number of nitrogens with one attached hydrogen (secondary N) is 1. The highest BCUT2D eigenvalue weighted by molar-refractivity contribution is 7.09. The first-order valence-electron chi connectivity index (χ1n) is 5.86. The van der Waals surface area contributed by atoms with Gasteiger partial charge in [-0.3, -0.25) is 0 Å². The van der Waals surface area contributed by atoms with Crippen molar-refractivity contribution in [3.63, 3.8) is 0 Å². The number of aromatic nitrogens is 3. The molecular formula is C12H14N4O2S. The molecule has 100 valence electrons. The SMILES string of the molecule is CCc1cc(NC(C)c2nc(C(=O)O)cs2)ncn1. The summed E-state index contributed by atoms with van der Waals surface area (Å²) in [5.74, 6) is -0.295. The summed E-state index contributed by atoms with van der Waals surface area (Å²) < 4.78 is 0. The van der Waals surface area contributed by atoms with Gasteiger partial charge in [-0.2, -0.15) is 0 Å². The molecule has 0 fully saturated rings. The fourth-order valence-electron chi connectivity index (χ4n) is 1.54. The monoisotopic (exact) mass is 278 g/mol. The van der Waals surface area contributed by atoms with Gasteiger partial charge in [0.2, 0.25) is 0 Å². The van der Waals surface area contributed by atoms with Crippen LogP contribution in [0.15, 0.2) is 17.8 Å². The molecule has 0 aliphatic carbocycles. The maximum Gasteiger partial charge on any atom is 0.355 e. The second kappa shape index (κ2) is 5.75. The highest BCUT2D eigenvalue weighted by Crippen LogP contribution is 2.21. The molecule has 19 heavy (non-hydrogen) atoms. The highest BCUT2D eigenvalue weighted by Gasteiger charge is 2.14. The van der Waals surface area contributed by atoms with E-state index in [-0.39, 0.29) is 11.7 Å². The van der Waals surface area contributed by atoms with E-state index < -0.39 is 5.97 Å². The first-order valence-corrected chi connectivity index (χ1v) is 6.74. The molecule has 1 atom stereocenters. The lowest BCUT2D eigenvalue weighted by atomic mass is 10.3. The normalized spacial score (nSPS) is 12.1. The number of rotatable bonds is 5. The number of aromatic carboxylic acids is 1. The molecule has 0 radical (unpaired) electrons. The Morgan fingerprint density at radius 3 is 2.95 bits per heavy atom. The van der Waals surface area contributed by atoms with Crippen molar-refractivity contribution in [3.05, 3.63) is 34.2 Å². The molecule has 0 spiro atoms. The average molecular weight is 278 g/mol. The molecule has 0 aliphatic rings. The quantitative estimate of drug-likeness (QED) is 0.873. The van der Waals surface area contributed by atoms with Crippen molar-refractivity contribution in [2.75, 3.05) is 5.32 Å². The minimum Gasteiger partial charge on any atom is -0.476 e. The summed E-state index contributed by atoms with van der Waals surface area (Å²) in [5, 5.41) is 14.3. The van der Waals surface area contributed by atoms with Crippen molar-refractivity contribution in [1.29, 1.82) is 0 Å². The summed E-state index contributed by atoms with van der Waals surface area (Å²) in [7, 11) is 0. The Balaban J connectivity index is 2.10. The van der Waals surface area contributed by atoms with Gasteiger partial charge < -0.3 is 10.4 Å². The van der Waals surface area contributed by atoms with Crippen LogP contribution >= 0.6 is 11.3 Å². The Hall–Kier alpha value is -2.02. The molecule has 0 bridgehead atoms. The zero-order valence-electron chi connectivity index (χ0n) is 10.6. The van der Waals surface area contributed by atoms with Crippen LogP contribution in [-0.4, -0.2) is 26.0 Å². The van der Waals surface area contributed by atoms with E-state index >= 15 is 0 Å². The number of aryl methyl sites for hydroxylation is 1. The number of hydrogen-bond donors (Lipinski definition) is 2. The lowest BCUT2D eigenvalue weighted by Gasteiger charge is -2.11. The van der Waals surface area contributed by atoms with E-state index in [1.54, 1.807) is 0 Å². The van der Waals surface area contributed by atoms with Gasteiger partial charge in [0.05, 0.1) is 6.04 Å². The smallest absolute Gasteiger partial charge is 0.355 e. The standard InChI is InChI=1S/C12H14N4O2S/c1-3-8-4-10(14-6-13-8)15-7(2)11-16-9(5-19-11)12(17)18/h4-7H,3H2,1-2H3,(H,17,18)(H,13,14,15). The maximum atomic E-state index is 10.8. The van der Waals surface area contributed by atoms with E-state index in [0.717, 1.165) is 12.1 Å².